The summed E-state index contributed by atoms with van der Waals surface area (Å²) in [5, 5.41) is 5.12. The van der Waals surface area contributed by atoms with Crippen molar-refractivity contribution in [1.82, 2.24) is 10.4 Å². The van der Waals surface area contributed by atoms with E-state index in [1.165, 1.54) is 0 Å². The van der Waals surface area contributed by atoms with Crippen LogP contribution in [0.5, 0.6) is 11.5 Å². The molecule has 156 valence electrons. The molecule has 1 heterocycles. The number of H-pyrrole nitrogens is 1. The lowest BCUT2D eigenvalue weighted by atomic mass is 10.1. The molecule has 6 nitrogen and oxygen atoms in total. The number of fused-ring (bicyclic) bond motifs is 1. The van der Waals surface area contributed by atoms with Crippen molar-refractivity contribution in [1.29, 1.82) is 0 Å². The predicted molar refractivity (Wildman–Crippen MR) is 122 cm³/mol. The lowest BCUT2D eigenvalue weighted by Gasteiger charge is -2.12. The molecule has 0 spiro atoms. The Hall–Kier alpha value is -4.06. The topological polar surface area (TPSA) is 75.7 Å². The van der Waals surface area contributed by atoms with Crippen LogP contribution in [-0.2, 0) is 6.61 Å². The quantitative estimate of drug-likeness (QED) is 0.334. The molecule has 0 bridgehead atoms. The van der Waals surface area contributed by atoms with E-state index in [1.54, 1.807) is 13.3 Å². The molecule has 0 aliphatic rings. The minimum atomic E-state index is -0.272. The second-order valence-corrected chi connectivity index (χ2v) is 7.03. The first-order valence-corrected chi connectivity index (χ1v) is 9.91. The fourth-order valence-electron chi connectivity index (χ4n) is 3.27. The number of ether oxygens (including phenoxy) is 2. The Morgan fingerprint density at radius 1 is 1.00 bits per heavy atom. The highest BCUT2D eigenvalue weighted by atomic mass is 16.5. The maximum absolute atomic E-state index is 12.6. The fourth-order valence-corrected chi connectivity index (χ4v) is 3.27. The standard InChI is InChI=1S/C25H23N3O3/c1-17(27-28-25(29)21-15-26-22-11-7-6-10-20(21)22)19-12-13-23(24(14-19)30-2)31-16-18-8-4-3-5-9-18/h3-15,26H,16H2,1-2H3,(H,28,29). The monoisotopic (exact) mass is 413 g/mol. The van der Waals surface area contributed by atoms with Gasteiger partial charge < -0.3 is 14.5 Å². The molecule has 4 rings (SSSR count). The minimum absolute atomic E-state index is 0.272. The Labute approximate surface area is 180 Å². The number of nitrogens with one attached hydrogen (secondary N) is 2. The molecule has 2 N–H and O–H groups in total. The maximum atomic E-state index is 12.6. The number of benzene rings is 3. The van der Waals surface area contributed by atoms with Crippen LogP contribution in [0.25, 0.3) is 10.9 Å². The van der Waals surface area contributed by atoms with E-state index >= 15 is 0 Å². The zero-order valence-electron chi connectivity index (χ0n) is 17.4. The molecule has 0 aliphatic heterocycles. The van der Waals surface area contributed by atoms with Crippen LogP contribution in [0.15, 0.2) is 84.1 Å². The van der Waals surface area contributed by atoms with Gasteiger partial charge in [-0.15, -0.1) is 0 Å². The van der Waals surface area contributed by atoms with Gasteiger partial charge >= 0.3 is 0 Å². The molecule has 1 aromatic heterocycles. The number of aromatic amines is 1. The van der Waals surface area contributed by atoms with Crippen LogP contribution in [0, 0.1) is 0 Å². The molecule has 3 aromatic carbocycles. The number of hydrazone groups is 1. The summed E-state index contributed by atoms with van der Waals surface area (Å²) < 4.78 is 11.4. The average Bonchev–Trinajstić information content (AvgIpc) is 3.26. The Morgan fingerprint density at radius 3 is 2.58 bits per heavy atom. The van der Waals surface area contributed by atoms with E-state index in [0.717, 1.165) is 22.0 Å². The normalized spacial score (nSPS) is 11.4. The number of carbonyl (C=O) groups excluding carboxylic acids is 1. The van der Waals surface area contributed by atoms with Crippen molar-refractivity contribution in [3.8, 4) is 11.5 Å². The van der Waals surface area contributed by atoms with E-state index in [9.17, 15) is 4.79 Å². The molecule has 0 saturated heterocycles. The van der Waals surface area contributed by atoms with Crippen molar-refractivity contribution in [2.24, 2.45) is 5.10 Å². The number of para-hydroxylation sites is 1. The summed E-state index contributed by atoms with van der Waals surface area (Å²) in [5.41, 5.74) is 6.64. The van der Waals surface area contributed by atoms with Crippen LogP contribution >= 0.6 is 0 Å². The van der Waals surface area contributed by atoms with Gasteiger partial charge in [0.1, 0.15) is 6.61 Å². The molecule has 0 atom stereocenters. The van der Waals surface area contributed by atoms with E-state index < -0.39 is 0 Å². The van der Waals surface area contributed by atoms with Gasteiger partial charge in [-0.2, -0.15) is 5.10 Å². The smallest absolute Gasteiger partial charge is 0.273 e. The third-order valence-electron chi connectivity index (χ3n) is 4.98. The first-order valence-electron chi connectivity index (χ1n) is 9.91. The van der Waals surface area contributed by atoms with Crippen molar-refractivity contribution >= 4 is 22.5 Å². The highest BCUT2D eigenvalue weighted by Gasteiger charge is 2.12. The average molecular weight is 413 g/mol. The van der Waals surface area contributed by atoms with Crippen LogP contribution in [-0.4, -0.2) is 23.7 Å². The molecule has 6 heteroatoms. The minimum Gasteiger partial charge on any atom is -0.493 e. The first kappa shape index (κ1) is 20.2. The second-order valence-electron chi connectivity index (χ2n) is 7.03. The summed E-state index contributed by atoms with van der Waals surface area (Å²) in [5.74, 6) is 0.975. The Morgan fingerprint density at radius 2 is 1.77 bits per heavy atom. The van der Waals surface area contributed by atoms with E-state index in [4.69, 9.17) is 9.47 Å². The van der Waals surface area contributed by atoms with Crippen LogP contribution in [0.3, 0.4) is 0 Å². The SMILES string of the molecule is COc1cc(C(C)=NNC(=O)c2c[nH]c3ccccc23)ccc1OCc1ccccc1. The van der Waals surface area contributed by atoms with Gasteiger partial charge in [-0.05, 0) is 36.8 Å². The Balaban J connectivity index is 1.46. The highest BCUT2D eigenvalue weighted by molar-refractivity contribution is 6.07. The van der Waals surface area contributed by atoms with Crippen LogP contribution in [0.2, 0.25) is 0 Å². The largest absolute Gasteiger partial charge is 0.493 e. The highest BCUT2D eigenvalue weighted by Crippen LogP contribution is 2.29. The van der Waals surface area contributed by atoms with Crippen molar-refractivity contribution in [2.45, 2.75) is 13.5 Å². The van der Waals surface area contributed by atoms with Gasteiger partial charge in [0.05, 0.1) is 18.4 Å². The Kier molecular flexibility index (Phi) is 5.98. The lowest BCUT2D eigenvalue weighted by molar-refractivity contribution is 0.0956. The summed E-state index contributed by atoms with van der Waals surface area (Å²) in [6, 6.07) is 23.2. The van der Waals surface area contributed by atoms with Crippen LogP contribution < -0.4 is 14.9 Å². The number of carbonyl (C=O) groups is 1. The number of nitrogens with zero attached hydrogens (tertiary/aromatic N) is 1. The second kappa shape index (κ2) is 9.17. The van der Waals surface area contributed by atoms with Crippen LogP contribution in [0.1, 0.15) is 28.4 Å². The van der Waals surface area contributed by atoms with E-state index in [2.05, 4.69) is 15.5 Å². The number of aromatic nitrogens is 1. The van der Waals surface area contributed by atoms with Crippen molar-refractivity contribution < 1.29 is 14.3 Å². The molecule has 0 radical (unpaired) electrons. The third-order valence-corrected chi connectivity index (χ3v) is 4.98. The van der Waals surface area contributed by atoms with Gasteiger partial charge in [-0.25, -0.2) is 5.43 Å². The summed E-state index contributed by atoms with van der Waals surface area (Å²) in [4.78, 5) is 15.7. The van der Waals surface area contributed by atoms with Gasteiger partial charge in [0.25, 0.3) is 5.91 Å². The lowest BCUT2D eigenvalue weighted by Crippen LogP contribution is -2.19. The third kappa shape index (κ3) is 4.59. The molecular weight excluding hydrogens is 390 g/mol. The molecule has 4 aromatic rings. The zero-order chi connectivity index (χ0) is 21.6. The van der Waals surface area contributed by atoms with E-state index in [0.29, 0.717) is 29.4 Å². The number of rotatable bonds is 7. The van der Waals surface area contributed by atoms with Gasteiger partial charge in [0.2, 0.25) is 0 Å². The van der Waals surface area contributed by atoms with Crippen molar-refractivity contribution in [3.63, 3.8) is 0 Å². The molecule has 0 unspecified atom stereocenters. The first-order chi connectivity index (χ1) is 15.2. The molecule has 0 fully saturated rings. The van der Waals surface area contributed by atoms with Gasteiger partial charge in [-0.3, -0.25) is 4.79 Å². The molecular formula is C25H23N3O3. The van der Waals surface area contributed by atoms with Gasteiger partial charge in [0, 0.05) is 22.7 Å². The van der Waals surface area contributed by atoms with Gasteiger partial charge in [0.15, 0.2) is 11.5 Å². The van der Waals surface area contributed by atoms with Crippen molar-refractivity contribution in [3.05, 3.63) is 95.7 Å². The van der Waals surface area contributed by atoms with Gasteiger partial charge in [-0.1, -0.05) is 48.5 Å². The number of methoxy groups -OCH3 is 1. The Bertz CT molecular complexity index is 1230. The molecule has 0 aliphatic carbocycles. The molecule has 0 saturated carbocycles. The fraction of sp³-hybridized carbons (Fsp3) is 0.120. The molecule has 1 amide bonds. The summed E-state index contributed by atoms with van der Waals surface area (Å²) in [7, 11) is 1.60. The van der Waals surface area contributed by atoms with Crippen LogP contribution in [0.4, 0.5) is 0 Å². The van der Waals surface area contributed by atoms with Crippen molar-refractivity contribution in [2.75, 3.05) is 7.11 Å². The maximum Gasteiger partial charge on any atom is 0.273 e. The van der Waals surface area contributed by atoms with E-state index in [-0.39, 0.29) is 5.91 Å². The number of amides is 1. The molecule has 31 heavy (non-hydrogen) atoms. The zero-order valence-corrected chi connectivity index (χ0v) is 17.4. The summed E-state index contributed by atoms with van der Waals surface area (Å²) in [6.07, 6.45) is 1.69. The predicted octanol–water partition coefficient (Wildman–Crippen LogP) is 4.91. The number of hydrogen-bond donors (Lipinski definition) is 2. The summed E-state index contributed by atoms with van der Waals surface area (Å²) >= 11 is 0. The number of hydrogen-bond acceptors (Lipinski definition) is 4. The summed E-state index contributed by atoms with van der Waals surface area (Å²) in [6.45, 7) is 2.28. The van der Waals surface area contributed by atoms with E-state index in [1.807, 2.05) is 79.7 Å².